The van der Waals surface area contributed by atoms with Gasteiger partial charge in [0.2, 0.25) is 5.91 Å². The smallest absolute Gasteiger partial charge is 0.372 e. The minimum atomic E-state index is -4.33. The van der Waals surface area contributed by atoms with Gasteiger partial charge in [-0.05, 0) is 12.8 Å². The molecule has 0 atom stereocenters. The van der Waals surface area contributed by atoms with Crippen LogP contribution in [0.3, 0.4) is 0 Å². The van der Waals surface area contributed by atoms with E-state index in [-0.39, 0.29) is 24.3 Å². The molecule has 0 unspecified atom stereocenters. The van der Waals surface area contributed by atoms with E-state index in [9.17, 15) is 18.0 Å². The first kappa shape index (κ1) is 14.6. The molecular weight excluding hydrogens is 259 g/mol. The molecule has 1 heterocycles. The Morgan fingerprint density at radius 3 is 2.47 bits per heavy atom. The lowest BCUT2D eigenvalue weighted by Crippen LogP contribution is -2.39. The molecule has 7 heteroatoms. The topological polar surface area (TPSA) is 29.5 Å². The maximum atomic E-state index is 11.7. The zero-order valence-electron chi connectivity index (χ0n) is 9.30. The molecule has 0 aromatic carbocycles. The molecule has 1 aliphatic heterocycles. The molecule has 0 N–H and O–H groups in total. The molecule has 0 saturated carbocycles. The van der Waals surface area contributed by atoms with Gasteiger partial charge in [-0.1, -0.05) is 0 Å². The number of piperidine rings is 1. The first-order valence-electron chi connectivity index (χ1n) is 5.45. The van der Waals surface area contributed by atoms with Gasteiger partial charge in [-0.15, -0.1) is 11.6 Å². The van der Waals surface area contributed by atoms with Gasteiger partial charge in [0.1, 0.15) is 6.61 Å². The van der Waals surface area contributed by atoms with Crippen LogP contribution in [-0.2, 0) is 9.53 Å². The van der Waals surface area contributed by atoms with E-state index in [1.165, 1.54) is 0 Å². The van der Waals surface area contributed by atoms with E-state index >= 15 is 0 Å². The van der Waals surface area contributed by atoms with Gasteiger partial charge in [-0.2, -0.15) is 13.2 Å². The Kier molecular flexibility index (Phi) is 5.52. The number of ether oxygens (including phenoxy) is 1. The molecule has 1 rings (SSSR count). The van der Waals surface area contributed by atoms with Gasteiger partial charge in [0.25, 0.3) is 0 Å². The lowest BCUT2D eigenvalue weighted by molar-refractivity contribution is -0.175. The lowest BCUT2D eigenvalue weighted by Gasteiger charge is -2.29. The second-order valence-corrected chi connectivity index (χ2v) is 4.59. The highest BCUT2D eigenvalue weighted by molar-refractivity contribution is 6.20. The minimum absolute atomic E-state index is 0.0109. The second-order valence-electron chi connectivity index (χ2n) is 3.97. The molecule has 100 valence electrons. The quantitative estimate of drug-likeness (QED) is 0.580. The fourth-order valence-electron chi connectivity index (χ4n) is 1.60. The fraction of sp³-hybridized carbons (Fsp3) is 0.900. The minimum Gasteiger partial charge on any atom is -0.372 e. The van der Waals surface area contributed by atoms with Crippen molar-refractivity contribution in [1.29, 1.82) is 0 Å². The Balaban J connectivity index is 2.13. The van der Waals surface area contributed by atoms with E-state index in [1.54, 1.807) is 4.90 Å². The SMILES string of the molecule is O=C(CCOCC(F)(F)F)N1CCC(Cl)CC1. The van der Waals surface area contributed by atoms with Crippen molar-refractivity contribution in [3.63, 3.8) is 0 Å². The van der Waals surface area contributed by atoms with E-state index in [2.05, 4.69) is 4.74 Å². The number of nitrogens with zero attached hydrogens (tertiary/aromatic N) is 1. The number of rotatable bonds is 4. The summed E-state index contributed by atoms with van der Waals surface area (Å²) in [6, 6.07) is 0. The van der Waals surface area contributed by atoms with Crippen molar-refractivity contribution in [3.8, 4) is 0 Å². The average Bonchev–Trinajstić information content (AvgIpc) is 2.24. The molecule has 1 amide bonds. The largest absolute Gasteiger partial charge is 0.411 e. The number of carbonyl (C=O) groups is 1. The summed E-state index contributed by atoms with van der Waals surface area (Å²) in [7, 11) is 0. The number of hydrogen-bond donors (Lipinski definition) is 0. The fourth-order valence-corrected chi connectivity index (χ4v) is 1.80. The van der Waals surface area contributed by atoms with Crippen LogP contribution in [-0.4, -0.2) is 48.7 Å². The van der Waals surface area contributed by atoms with Gasteiger partial charge < -0.3 is 9.64 Å². The number of hydrogen-bond acceptors (Lipinski definition) is 2. The lowest BCUT2D eigenvalue weighted by atomic mass is 10.1. The van der Waals surface area contributed by atoms with Crippen molar-refractivity contribution in [1.82, 2.24) is 4.90 Å². The Hall–Kier alpha value is -0.490. The molecule has 0 aromatic heterocycles. The molecule has 3 nitrogen and oxygen atoms in total. The first-order chi connectivity index (χ1) is 7.88. The zero-order valence-corrected chi connectivity index (χ0v) is 10.1. The van der Waals surface area contributed by atoms with Crippen LogP contribution in [0.2, 0.25) is 0 Å². The summed E-state index contributed by atoms with van der Waals surface area (Å²) >= 11 is 5.88. The molecule has 0 spiro atoms. The predicted octanol–water partition coefficient (Wildman–Crippen LogP) is 2.19. The first-order valence-corrected chi connectivity index (χ1v) is 5.88. The summed E-state index contributed by atoms with van der Waals surface area (Å²) in [6.07, 6.45) is -2.88. The Morgan fingerprint density at radius 1 is 1.35 bits per heavy atom. The van der Waals surface area contributed by atoms with Crippen molar-refractivity contribution in [2.45, 2.75) is 30.8 Å². The molecule has 1 saturated heterocycles. The standard InChI is InChI=1S/C10H15ClF3NO2/c11-8-1-4-15(5-2-8)9(16)3-6-17-7-10(12,13)14/h8H,1-7H2. The van der Waals surface area contributed by atoms with Gasteiger partial charge in [-0.3, -0.25) is 4.79 Å². The molecule has 0 radical (unpaired) electrons. The van der Waals surface area contributed by atoms with E-state index in [4.69, 9.17) is 11.6 Å². The molecule has 1 aliphatic rings. The molecule has 0 aromatic rings. The number of alkyl halides is 4. The van der Waals surface area contributed by atoms with E-state index in [1.807, 2.05) is 0 Å². The summed E-state index contributed by atoms with van der Waals surface area (Å²) in [5, 5.41) is 0.0977. The molecular formula is C10H15ClF3NO2. The summed E-state index contributed by atoms with van der Waals surface area (Å²) in [5.74, 6) is -0.171. The Labute approximate surface area is 103 Å². The van der Waals surface area contributed by atoms with E-state index in [0.717, 1.165) is 12.8 Å². The van der Waals surface area contributed by atoms with E-state index in [0.29, 0.717) is 13.1 Å². The van der Waals surface area contributed by atoms with Crippen LogP contribution in [0.4, 0.5) is 13.2 Å². The number of amides is 1. The molecule has 0 aliphatic carbocycles. The third-order valence-corrected chi connectivity index (χ3v) is 2.94. The van der Waals surface area contributed by atoms with Crippen LogP contribution in [0.25, 0.3) is 0 Å². The van der Waals surface area contributed by atoms with E-state index < -0.39 is 12.8 Å². The van der Waals surface area contributed by atoms with Crippen LogP contribution < -0.4 is 0 Å². The van der Waals surface area contributed by atoms with Crippen molar-refractivity contribution in [2.24, 2.45) is 0 Å². The predicted molar refractivity (Wildman–Crippen MR) is 56.9 cm³/mol. The highest BCUT2D eigenvalue weighted by Gasteiger charge is 2.27. The second kappa shape index (κ2) is 6.44. The molecule has 0 bridgehead atoms. The number of halogens is 4. The van der Waals surface area contributed by atoms with Gasteiger partial charge in [0.05, 0.1) is 13.0 Å². The Morgan fingerprint density at radius 2 is 1.94 bits per heavy atom. The highest BCUT2D eigenvalue weighted by Crippen LogP contribution is 2.17. The molecule has 17 heavy (non-hydrogen) atoms. The normalized spacial score (nSPS) is 18.5. The van der Waals surface area contributed by atoms with Crippen molar-refractivity contribution >= 4 is 17.5 Å². The van der Waals surface area contributed by atoms with Gasteiger partial charge >= 0.3 is 6.18 Å². The van der Waals surface area contributed by atoms with Crippen LogP contribution in [0, 0.1) is 0 Å². The monoisotopic (exact) mass is 273 g/mol. The summed E-state index contributed by atoms with van der Waals surface area (Å²) in [4.78, 5) is 13.2. The van der Waals surface area contributed by atoms with Crippen LogP contribution in [0.5, 0.6) is 0 Å². The Bertz CT molecular complexity index is 252. The third kappa shape index (κ3) is 6.12. The number of likely N-dealkylation sites (tertiary alicyclic amines) is 1. The average molecular weight is 274 g/mol. The van der Waals surface area contributed by atoms with Gasteiger partial charge in [0, 0.05) is 18.5 Å². The van der Waals surface area contributed by atoms with Crippen LogP contribution in [0.15, 0.2) is 0 Å². The third-order valence-electron chi connectivity index (χ3n) is 2.50. The van der Waals surface area contributed by atoms with Crippen LogP contribution >= 0.6 is 11.6 Å². The van der Waals surface area contributed by atoms with Gasteiger partial charge in [-0.25, -0.2) is 0 Å². The maximum absolute atomic E-state index is 11.7. The number of carbonyl (C=O) groups excluding carboxylic acids is 1. The highest BCUT2D eigenvalue weighted by atomic mass is 35.5. The van der Waals surface area contributed by atoms with Gasteiger partial charge in [0.15, 0.2) is 0 Å². The maximum Gasteiger partial charge on any atom is 0.411 e. The van der Waals surface area contributed by atoms with Crippen LogP contribution in [0.1, 0.15) is 19.3 Å². The van der Waals surface area contributed by atoms with Crippen molar-refractivity contribution in [3.05, 3.63) is 0 Å². The summed E-state index contributed by atoms with van der Waals surface area (Å²) in [6.45, 7) is -0.346. The van der Waals surface area contributed by atoms with Crippen molar-refractivity contribution < 1.29 is 22.7 Å². The molecule has 1 fully saturated rings. The zero-order chi connectivity index (χ0) is 12.9. The summed E-state index contributed by atoms with van der Waals surface area (Å²) in [5.41, 5.74) is 0. The van der Waals surface area contributed by atoms with Crippen molar-refractivity contribution in [2.75, 3.05) is 26.3 Å². The summed E-state index contributed by atoms with van der Waals surface area (Å²) < 4.78 is 39.6.